The highest BCUT2D eigenvalue weighted by molar-refractivity contribution is 7.89. The van der Waals surface area contributed by atoms with Gasteiger partial charge >= 0.3 is 0 Å². The number of rotatable bonds is 8. The molecule has 2 rings (SSSR count). The summed E-state index contributed by atoms with van der Waals surface area (Å²) < 4.78 is 32.3. The first-order valence-corrected chi connectivity index (χ1v) is 9.50. The first-order valence-electron chi connectivity index (χ1n) is 8.02. The third-order valence-corrected chi connectivity index (χ3v) is 5.04. The van der Waals surface area contributed by atoms with Crippen molar-refractivity contribution in [1.29, 1.82) is 0 Å². The van der Waals surface area contributed by atoms with Crippen molar-refractivity contribution in [2.45, 2.75) is 4.90 Å². The maximum Gasteiger partial charge on any atom is 0.255 e. The van der Waals surface area contributed by atoms with Gasteiger partial charge in [-0.15, -0.1) is 0 Å². The largest absolute Gasteiger partial charge is 0.497 e. The molecule has 26 heavy (non-hydrogen) atoms. The Balaban J connectivity index is 2.13. The van der Waals surface area contributed by atoms with Gasteiger partial charge in [0.1, 0.15) is 5.75 Å². The highest BCUT2D eigenvalue weighted by Gasteiger charge is 2.16. The molecule has 1 amide bonds. The van der Waals surface area contributed by atoms with Crippen molar-refractivity contribution in [2.75, 3.05) is 39.6 Å². The first-order chi connectivity index (χ1) is 12.3. The summed E-state index contributed by atoms with van der Waals surface area (Å²) in [5.74, 6) is 0.216. The van der Waals surface area contributed by atoms with E-state index in [1.807, 2.05) is 19.0 Å². The van der Waals surface area contributed by atoms with E-state index in [-0.39, 0.29) is 17.0 Å². The fourth-order valence-electron chi connectivity index (χ4n) is 2.20. The first kappa shape index (κ1) is 19.9. The van der Waals surface area contributed by atoms with Crippen molar-refractivity contribution in [1.82, 2.24) is 9.62 Å². The number of anilines is 1. The van der Waals surface area contributed by atoms with Crippen LogP contribution < -0.4 is 14.8 Å². The van der Waals surface area contributed by atoms with E-state index in [9.17, 15) is 13.2 Å². The number of nitrogens with one attached hydrogen (secondary N) is 2. The Kier molecular flexibility index (Phi) is 6.73. The summed E-state index contributed by atoms with van der Waals surface area (Å²) >= 11 is 0. The number of methoxy groups -OCH3 is 1. The van der Waals surface area contributed by atoms with Gasteiger partial charge in [0.15, 0.2) is 0 Å². The molecule has 0 aliphatic heterocycles. The van der Waals surface area contributed by atoms with Gasteiger partial charge in [0.25, 0.3) is 5.91 Å². The number of nitrogens with zero attached hydrogens (tertiary/aromatic N) is 1. The summed E-state index contributed by atoms with van der Waals surface area (Å²) in [6.07, 6.45) is 0. The lowest BCUT2D eigenvalue weighted by molar-refractivity contribution is 0.102. The zero-order valence-corrected chi connectivity index (χ0v) is 15.8. The van der Waals surface area contributed by atoms with Crippen LogP contribution in [0.4, 0.5) is 5.69 Å². The fraction of sp³-hybridized carbons (Fsp3) is 0.278. The molecule has 2 N–H and O–H groups in total. The summed E-state index contributed by atoms with van der Waals surface area (Å²) in [7, 11) is 1.59. The summed E-state index contributed by atoms with van der Waals surface area (Å²) in [5.41, 5.74) is 0.815. The topological polar surface area (TPSA) is 87.7 Å². The van der Waals surface area contributed by atoms with E-state index >= 15 is 0 Å². The Morgan fingerprint density at radius 2 is 1.85 bits per heavy atom. The normalized spacial score (nSPS) is 11.4. The number of benzene rings is 2. The predicted molar refractivity (Wildman–Crippen MR) is 101 cm³/mol. The van der Waals surface area contributed by atoms with Crippen LogP contribution in [0.5, 0.6) is 5.75 Å². The predicted octanol–water partition coefficient (Wildman–Crippen LogP) is 1.79. The molecule has 0 aromatic heterocycles. The van der Waals surface area contributed by atoms with Crippen LogP contribution in [0.2, 0.25) is 0 Å². The standard InChI is InChI=1S/C18H23N3O4S/c1-21(2)11-10-19-26(23,24)17-9-4-6-14(12-17)18(22)20-15-7-5-8-16(13-15)25-3/h4-9,12-13,19H,10-11H2,1-3H3,(H,20,22). The molecule has 2 aromatic carbocycles. The van der Waals surface area contributed by atoms with Crippen LogP contribution >= 0.6 is 0 Å². The summed E-state index contributed by atoms with van der Waals surface area (Å²) in [5, 5.41) is 2.73. The molecule has 0 unspecified atom stereocenters. The Morgan fingerprint density at radius 3 is 2.54 bits per heavy atom. The van der Waals surface area contributed by atoms with Gasteiger partial charge in [0.05, 0.1) is 12.0 Å². The summed E-state index contributed by atoms with van der Waals surface area (Å²) in [6.45, 7) is 0.866. The van der Waals surface area contributed by atoms with E-state index in [0.29, 0.717) is 18.0 Å². The number of carbonyl (C=O) groups excluding carboxylic acids is 1. The number of hydrogen-bond donors (Lipinski definition) is 2. The van der Waals surface area contributed by atoms with E-state index in [4.69, 9.17) is 4.74 Å². The molecule has 0 fully saturated rings. The van der Waals surface area contributed by atoms with Crippen LogP contribution in [-0.2, 0) is 10.0 Å². The van der Waals surface area contributed by atoms with E-state index in [2.05, 4.69) is 10.0 Å². The molecule has 2 aromatic rings. The molecule has 7 nitrogen and oxygen atoms in total. The van der Waals surface area contributed by atoms with Crippen molar-refractivity contribution in [2.24, 2.45) is 0 Å². The minimum absolute atomic E-state index is 0.0505. The highest BCUT2D eigenvalue weighted by Crippen LogP contribution is 2.18. The van der Waals surface area contributed by atoms with Gasteiger partial charge < -0.3 is 15.0 Å². The molecular formula is C18H23N3O4S. The fourth-order valence-corrected chi connectivity index (χ4v) is 3.26. The SMILES string of the molecule is COc1cccc(NC(=O)c2cccc(S(=O)(=O)NCCN(C)C)c2)c1. The van der Waals surface area contributed by atoms with Gasteiger partial charge in [-0.05, 0) is 44.4 Å². The molecule has 0 bridgehead atoms. The van der Waals surface area contributed by atoms with Crippen LogP contribution in [0, 0.1) is 0 Å². The molecule has 0 radical (unpaired) electrons. The van der Waals surface area contributed by atoms with Crippen molar-refractivity contribution < 1.29 is 17.9 Å². The highest BCUT2D eigenvalue weighted by atomic mass is 32.2. The second kappa shape index (κ2) is 8.79. The Hall–Kier alpha value is -2.42. The average molecular weight is 377 g/mol. The van der Waals surface area contributed by atoms with Crippen molar-refractivity contribution in [3.63, 3.8) is 0 Å². The van der Waals surface area contributed by atoms with E-state index in [1.54, 1.807) is 43.5 Å². The number of sulfonamides is 1. The molecule has 8 heteroatoms. The van der Waals surface area contributed by atoms with Crippen molar-refractivity contribution in [3.8, 4) is 5.75 Å². The van der Waals surface area contributed by atoms with Crippen LogP contribution in [0.3, 0.4) is 0 Å². The minimum atomic E-state index is -3.67. The number of carbonyl (C=O) groups is 1. The van der Waals surface area contributed by atoms with Crippen LogP contribution in [0.25, 0.3) is 0 Å². The molecule has 0 heterocycles. The quantitative estimate of drug-likeness (QED) is 0.732. The third kappa shape index (κ3) is 5.55. The van der Waals surface area contributed by atoms with Crippen LogP contribution in [-0.4, -0.2) is 53.5 Å². The molecule has 0 saturated heterocycles. The lowest BCUT2D eigenvalue weighted by Gasteiger charge is -2.12. The van der Waals surface area contributed by atoms with Crippen molar-refractivity contribution in [3.05, 3.63) is 54.1 Å². The van der Waals surface area contributed by atoms with Crippen LogP contribution in [0.1, 0.15) is 10.4 Å². The van der Waals surface area contributed by atoms with Gasteiger partial charge in [-0.3, -0.25) is 4.79 Å². The minimum Gasteiger partial charge on any atom is -0.497 e. The number of likely N-dealkylation sites (N-methyl/N-ethyl adjacent to an activating group) is 1. The molecule has 0 aliphatic rings. The lowest BCUT2D eigenvalue weighted by Crippen LogP contribution is -2.31. The zero-order chi connectivity index (χ0) is 19.2. The number of hydrogen-bond acceptors (Lipinski definition) is 5. The molecule has 140 valence electrons. The Morgan fingerprint density at radius 1 is 1.12 bits per heavy atom. The van der Waals surface area contributed by atoms with E-state index < -0.39 is 15.9 Å². The number of amides is 1. The molecule has 0 spiro atoms. The third-order valence-electron chi connectivity index (χ3n) is 3.59. The molecule has 0 aliphatic carbocycles. The maximum absolute atomic E-state index is 12.4. The maximum atomic E-state index is 12.4. The Bertz CT molecular complexity index is 866. The monoisotopic (exact) mass is 377 g/mol. The van der Waals surface area contributed by atoms with Gasteiger partial charge in [0.2, 0.25) is 10.0 Å². The zero-order valence-electron chi connectivity index (χ0n) is 15.0. The smallest absolute Gasteiger partial charge is 0.255 e. The van der Waals surface area contributed by atoms with Crippen LogP contribution in [0.15, 0.2) is 53.4 Å². The molecule has 0 saturated carbocycles. The van der Waals surface area contributed by atoms with E-state index in [1.165, 1.54) is 12.1 Å². The molecule has 0 atom stereocenters. The molecular weight excluding hydrogens is 354 g/mol. The van der Waals surface area contributed by atoms with Gasteiger partial charge in [-0.1, -0.05) is 12.1 Å². The van der Waals surface area contributed by atoms with Gasteiger partial charge in [-0.25, -0.2) is 13.1 Å². The second-order valence-corrected chi connectivity index (χ2v) is 7.68. The lowest BCUT2D eigenvalue weighted by atomic mass is 10.2. The van der Waals surface area contributed by atoms with Gasteiger partial charge in [-0.2, -0.15) is 0 Å². The van der Waals surface area contributed by atoms with Gasteiger partial charge in [0, 0.05) is 30.4 Å². The summed E-state index contributed by atoms with van der Waals surface area (Å²) in [4.78, 5) is 14.3. The van der Waals surface area contributed by atoms with E-state index in [0.717, 1.165) is 0 Å². The Labute approximate surface area is 154 Å². The average Bonchev–Trinajstić information content (AvgIpc) is 2.61. The number of ether oxygens (including phenoxy) is 1. The van der Waals surface area contributed by atoms with Crippen molar-refractivity contribution >= 4 is 21.6 Å². The second-order valence-electron chi connectivity index (χ2n) is 5.91. The summed E-state index contributed by atoms with van der Waals surface area (Å²) in [6, 6.07) is 12.8.